The molecule has 0 heterocycles. The van der Waals surface area contributed by atoms with Crippen LogP contribution in [0.25, 0.3) is 0 Å². The molecule has 2 aromatic rings. The number of nitrogens with zero attached hydrogens (tertiary/aromatic N) is 1. The normalized spacial score (nSPS) is 11.6. The number of aryl methyl sites for hydroxylation is 1. The van der Waals surface area contributed by atoms with Gasteiger partial charge in [0.25, 0.3) is 11.8 Å². The van der Waals surface area contributed by atoms with E-state index in [0.717, 1.165) is 31.5 Å². The molecule has 0 radical (unpaired) electrons. The molecule has 5 nitrogen and oxygen atoms in total. The Morgan fingerprint density at radius 2 is 1.69 bits per heavy atom. The highest BCUT2D eigenvalue weighted by Gasteiger charge is 2.20. The summed E-state index contributed by atoms with van der Waals surface area (Å²) in [4.78, 5) is 27.4. The van der Waals surface area contributed by atoms with Gasteiger partial charge in [0.2, 0.25) is 0 Å². The lowest BCUT2D eigenvalue weighted by Gasteiger charge is -2.22. The van der Waals surface area contributed by atoms with Crippen LogP contribution in [-0.4, -0.2) is 35.9 Å². The summed E-state index contributed by atoms with van der Waals surface area (Å²) in [5.74, 6) is 0.441. The van der Waals surface area contributed by atoms with Crippen molar-refractivity contribution in [3.8, 4) is 5.75 Å². The number of carbonyl (C=O) groups excluding carboxylic acids is 2. The van der Waals surface area contributed by atoms with Gasteiger partial charge in [0.15, 0.2) is 6.10 Å². The third-order valence-corrected chi connectivity index (χ3v) is 4.58. The van der Waals surface area contributed by atoms with Crippen molar-refractivity contribution >= 4 is 17.5 Å². The van der Waals surface area contributed by atoms with Gasteiger partial charge in [-0.25, -0.2) is 0 Å². The number of hydrogen-bond acceptors (Lipinski definition) is 3. The zero-order chi connectivity index (χ0) is 21.2. The van der Waals surface area contributed by atoms with Crippen LogP contribution in [0, 0.1) is 6.92 Å². The number of nitrogens with one attached hydrogen (secondary N) is 1. The van der Waals surface area contributed by atoms with Gasteiger partial charge in [-0.1, -0.05) is 39.0 Å². The smallest absolute Gasteiger partial charge is 0.265 e. The van der Waals surface area contributed by atoms with Crippen molar-refractivity contribution < 1.29 is 14.3 Å². The number of hydrogen-bond donors (Lipinski definition) is 1. The van der Waals surface area contributed by atoms with E-state index in [2.05, 4.69) is 19.2 Å². The van der Waals surface area contributed by atoms with Crippen molar-refractivity contribution in [2.24, 2.45) is 0 Å². The van der Waals surface area contributed by atoms with Gasteiger partial charge in [-0.3, -0.25) is 9.59 Å². The van der Waals surface area contributed by atoms with Crippen LogP contribution in [-0.2, 0) is 4.79 Å². The van der Waals surface area contributed by atoms with Crippen LogP contribution in [0.2, 0.25) is 0 Å². The molecule has 0 fully saturated rings. The molecule has 2 aromatic carbocycles. The summed E-state index contributed by atoms with van der Waals surface area (Å²) < 4.78 is 5.87. The maximum Gasteiger partial charge on any atom is 0.265 e. The Balaban J connectivity index is 2.09. The lowest BCUT2D eigenvalue weighted by molar-refractivity contribution is -0.122. The van der Waals surface area contributed by atoms with Crippen LogP contribution in [0.15, 0.2) is 48.5 Å². The van der Waals surface area contributed by atoms with Crippen molar-refractivity contribution in [3.05, 3.63) is 59.7 Å². The molecule has 1 unspecified atom stereocenters. The van der Waals surface area contributed by atoms with Crippen molar-refractivity contribution in [2.75, 3.05) is 18.4 Å². The van der Waals surface area contributed by atoms with Gasteiger partial charge in [-0.15, -0.1) is 0 Å². The summed E-state index contributed by atoms with van der Waals surface area (Å²) in [5.41, 5.74) is 2.25. The standard InChI is InChI=1S/C24H32N2O3/c1-5-14-26(15-6-2)24(28)19-11-9-12-20(17-19)25-23(27)22(7-3)29-21-13-8-10-18(4)16-21/h8-13,16-17,22H,5-7,14-15H2,1-4H3,(H,25,27). The highest BCUT2D eigenvalue weighted by molar-refractivity contribution is 5.98. The third kappa shape index (κ3) is 6.63. The molecule has 1 N–H and O–H groups in total. The fourth-order valence-corrected chi connectivity index (χ4v) is 3.17. The van der Waals surface area contributed by atoms with E-state index in [1.165, 1.54) is 0 Å². The average molecular weight is 397 g/mol. The molecule has 0 saturated heterocycles. The molecule has 0 saturated carbocycles. The molecule has 0 aliphatic rings. The van der Waals surface area contributed by atoms with Gasteiger partial charge < -0.3 is 15.0 Å². The molecule has 156 valence electrons. The Kier molecular flexibility index (Phi) is 8.71. The number of ether oxygens (including phenoxy) is 1. The molecule has 29 heavy (non-hydrogen) atoms. The number of amides is 2. The van der Waals surface area contributed by atoms with E-state index in [0.29, 0.717) is 23.4 Å². The van der Waals surface area contributed by atoms with E-state index in [4.69, 9.17) is 4.74 Å². The summed E-state index contributed by atoms with van der Waals surface area (Å²) in [5, 5.41) is 2.89. The highest BCUT2D eigenvalue weighted by atomic mass is 16.5. The molecule has 0 aliphatic carbocycles. The Morgan fingerprint density at radius 3 is 2.31 bits per heavy atom. The predicted octanol–water partition coefficient (Wildman–Crippen LogP) is 5.05. The minimum Gasteiger partial charge on any atom is -0.481 e. The Labute approximate surface area is 174 Å². The summed E-state index contributed by atoms with van der Waals surface area (Å²) in [6.07, 6.45) is 1.76. The van der Waals surface area contributed by atoms with Crippen LogP contribution in [0.1, 0.15) is 56.0 Å². The zero-order valence-electron chi connectivity index (χ0n) is 17.9. The van der Waals surface area contributed by atoms with E-state index < -0.39 is 6.10 Å². The summed E-state index contributed by atoms with van der Waals surface area (Å²) in [6, 6.07) is 14.7. The molecule has 2 rings (SSSR count). The largest absolute Gasteiger partial charge is 0.481 e. The van der Waals surface area contributed by atoms with Crippen molar-refractivity contribution in [3.63, 3.8) is 0 Å². The van der Waals surface area contributed by atoms with Gasteiger partial charge in [-0.05, 0) is 62.1 Å². The van der Waals surface area contributed by atoms with Gasteiger partial charge in [0.05, 0.1) is 0 Å². The number of benzene rings is 2. The third-order valence-electron chi connectivity index (χ3n) is 4.58. The molecule has 0 aliphatic heterocycles. The quantitative estimate of drug-likeness (QED) is 0.611. The molecular weight excluding hydrogens is 364 g/mol. The minimum atomic E-state index is -0.604. The summed E-state index contributed by atoms with van der Waals surface area (Å²) >= 11 is 0. The molecule has 1 atom stereocenters. The van der Waals surface area contributed by atoms with E-state index in [-0.39, 0.29) is 11.8 Å². The molecule has 0 bridgehead atoms. The fourth-order valence-electron chi connectivity index (χ4n) is 3.17. The monoisotopic (exact) mass is 396 g/mol. The maximum absolute atomic E-state index is 12.8. The first-order chi connectivity index (χ1) is 14.0. The topological polar surface area (TPSA) is 58.6 Å². The first kappa shape index (κ1) is 22.5. The first-order valence-electron chi connectivity index (χ1n) is 10.4. The summed E-state index contributed by atoms with van der Waals surface area (Å²) in [7, 11) is 0. The van der Waals surface area contributed by atoms with Gasteiger partial charge in [0.1, 0.15) is 5.75 Å². The van der Waals surface area contributed by atoms with E-state index in [1.807, 2.05) is 43.0 Å². The Bertz CT molecular complexity index is 813. The van der Waals surface area contributed by atoms with Crippen LogP contribution in [0.5, 0.6) is 5.75 Å². The van der Waals surface area contributed by atoms with Crippen LogP contribution in [0.3, 0.4) is 0 Å². The first-order valence-corrected chi connectivity index (χ1v) is 10.4. The van der Waals surface area contributed by atoms with Crippen LogP contribution >= 0.6 is 0 Å². The average Bonchev–Trinajstić information content (AvgIpc) is 2.71. The van der Waals surface area contributed by atoms with Gasteiger partial charge in [-0.2, -0.15) is 0 Å². The van der Waals surface area contributed by atoms with E-state index >= 15 is 0 Å². The zero-order valence-corrected chi connectivity index (χ0v) is 17.9. The second-order valence-electron chi connectivity index (χ2n) is 7.19. The molecule has 0 spiro atoms. The SMILES string of the molecule is CCCN(CCC)C(=O)c1cccc(NC(=O)C(CC)Oc2cccc(C)c2)c1. The Morgan fingerprint density at radius 1 is 1.00 bits per heavy atom. The number of anilines is 1. The molecule has 0 aromatic heterocycles. The molecular formula is C24H32N2O3. The van der Waals surface area contributed by atoms with E-state index in [1.54, 1.807) is 24.3 Å². The highest BCUT2D eigenvalue weighted by Crippen LogP contribution is 2.18. The molecule has 2 amide bonds. The van der Waals surface area contributed by atoms with Gasteiger partial charge >= 0.3 is 0 Å². The number of carbonyl (C=O) groups is 2. The predicted molar refractivity (Wildman–Crippen MR) is 117 cm³/mol. The van der Waals surface area contributed by atoms with Crippen molar-refractivity contribution in [2.45, 2.75) is 53.1 Å². The summed E-state index contributed by atoms with van der Waals surface area (Å²) in [6.45, 7) is 9.47. The minimum absolute atomic E-state index is 0.00662. The fraction of sp³-hybridized carbons (Fsp3) is 0.417. The van der Waals surface area contributed by atoms with E-state index in [9.17, 15) is 9.59 Å². The van der Waals surface area contributed by atoms with Gasteiger partial charge in [0, 0.05) is 24.3 Å². The maximum atomic E-state index is 12.8. The van der Waals surface area contributed by atoms with Crippen molar-refractivity contribution in [1.29, 1.82) is 0 Å². The lowest BCUT2D eigenvalue weighted by atomic mass is 10.1. The van der Waals surface area contributed by atoms with Crippen molar-refractivity contribution in [1.82, 2.24) is 4.90 Å². The van der Waals surface area contributed by atoms with Crippen LogP contribution in [0.4, 0.5) is 5.69 Å². The second-order valence-corrected chi connectivity index (χ2v) is 7.19. The van der Waals surface area contributed by atoms with Crippen LogP contribution < -0.4 is 10.1 Å². The number of rotatable bonds is 10. The Hall–Kier alpha value is -2.82. The second kappa shape index (κ2) is 11.2. The molecule has 5 heteroatoms. The lowest BCUT2D eigenvalue weighted by Crippen LogP contribution is -2.33.